The molecule has 0 saturated carbocycles. The summed E-state index contributed by atoms with van der Waals surface area (Å²) in [6.07, 6.45) is 1.72. The highest BCUT2D eigenvalue weighted by atomic mass is 15.3. The minimum Gasteiger partial charge on any atom is -0.372 e. The zero-order valence-electron chi connectivity index (χ0n) is 17.8. The van der Waals surface area contributed by atoms with Crippen molar-refractivity contribution in [2.45, 2.75) is 34.2 Å². The topological polar surface area (TPSA) is 57.2 Å². The van der Waals surface area contributed by atoms with Crippen molar-refractivity contribution >= 4 is 23.1 Å². The normalized spacial score (nSPS) is 10.6. The highest BCUT2D eigenvalue weighted by molar-refractivity contribution is 5.64. The number of aryl methyl sites for hydroxylation is 1. The predicted molar refractivity (Wildman–Crippen MR) is 121 cm³/mol. The second-order valence-electron chi connectivity index (χ2n) is 6.93. The van der Waals surface area contributed by atoms with Crippen molar-refractivity contribution in [3.8, 4) is 0 Å². The number of hydrogen-bond donors (Lipinski definition) is 1. The number of aromatic nitrogens is 3. The molecule has 1 heterocycles. The average Bonchev–Trinajstić information content (AvgIpc) is 2.75. The molecule has 0 unspecified atom stereocenters. The van der Waals surface area contributed by atoms with Gasteiger partial charge in [-0.25, -0.2) is 0 Å². The minimum absolute atomic E-state index is 0.507. The molecule has 0 aliphatic carbocycles. The molecular formula is C23H30N6. The van der Waals surface area contributed by atoms with E-state index in [1.165, 1.54) is 11.3 Å². The molecule has 0 radical (unpaired) electrons. The molecule has 3 rings (SSSR count). The van der Waals surface area contributed by atoms with Crippen LogP contribution >= 0.6 is 0 Å². The van der Waals surface area contributed by atoms with Crippen LogP contribution in [0.5, 0.6) is 0 Å². The molecule has 2 aromatic carbocycles. The van der Waals surface area contributed by atoms with E-state index in [1.54, 1.807) is 6.20 Å². The molecule has 1 aromatic heterocycles. The van der Waals surface area contributed by atoms with Gasteiger partial charge >= 0.3 is 0 Å². The highest BCUT2D eigenvalue weighted by Gasteiger charge is 2.11. The van der Waals surface area contributed by atoms with E-state index in [4.69, 9.17) is 4.98 Å². The van der Waals surface area contributed by atoms with E-state index in [0.29, 0.717) is 5.95 Å². The third-order valence-corrected chi connectivity index (χ3v) is 5.05. The maximum atomic E-state index is 4.70. The molecule has 0 fully saturated rings. The molecule has 0 amide bonds. The first-order chi connectivity index (χ1) is 14.1. The smallest absolute Gasteiger partial charge is 0.249 e. The van der Waals surface area contributed by atoms with Crippen LogP contribution in [0.3, 0.4) is 0 Å². The Kier molecular flexibility index (Phi) is 7.00. The monoisotopic (exact) mass is 390 g/mol. The van der Waals surface area contributed by atoms with Gasteiger partial charge in [0.05, 0.1) is 6.20 Å². The van der Waals surface area contributed by atoms with E-state index >= 15 is 0 Å². The van der Waals surface area contributed by atoms with Crippen LogP contribution in [0.2, 0.25) is 0 Å². The molecule has 1 N–H and O–H groups in total. The summed E-state index contributed by atoms with van der Waals surface area (Å²) in [6.45, 7) is 12.2. The zero-order valence-corrected chi connectivity index (χ0v) is 17.8. The van der Waals surface area contributed by atoms with Gasteiger partial charge in [-0.2, -0.15) is 10.1 Å². The van der Waals surface area contributed by atoms with Gasteiger partial charge < -0.3 is 15.1 Å². The van der Waals surface area contributed by atoms with Gasteiger partial charge in [-0.05, 0) is 57.0 Å². The lowest BCUT2D eigenvalue weighted by atomic mass is 10.1. The largest absolute Gasteiger partial charge is 0.372 e. The Balaban J connectivity index is 1.77. The van der Waals surface area contributed by atoms with Crippen molar-refractivity contribution < 1.29 is 0 Å². The van der Waals surface area contributed by atoms with Crippen LogP contribution < -0.4 is 15.1 Å². The molecule has 29 heavy (non-hydrogen) atoms. The molecule has 0 atom stereocenters. The lowest BCUT2D eigenvalue weighted by molar-refractivity contribution is 0.798. The fourth-order valence-corrected chi connectivity index (χ4v) is 3.35. The van der Waals surface area contributed by atoms with E-state index in [9.17, 15) is 0 Å². The summed E-state index contributed by atoms with van der Waals surface area (Å²) < 4.78 is 0. The molecule has 6 nitrogen and oxygen atoms in total. The predicted octanol–water partition coefficient (Wildman–Crippen LogP) is 4.80. The molecule has 0 bridgehead atoms. The van der Waals surface area contributed by atoms with Gasteiger partial charge in [-0.1, -0.05) is 30.3 Å². The van der Waals surface area contributed by atoms with Gasteiger partial charge in [-0.3, -0.25) is 0 Å². The van der Waals surface area contributed by atoms with E-state index in [2.05, 4.69) is 95.5 Å². The van der Waals surface area contributed by atoms with Gasteiger partial charge in [0.25, 0.3) is 0 Å². The Labute approximate surface area is 173 Å². The standard InChI is InChI=1S/C23H30N6/c1-5-28(6-2)20-13-14-21(18(4)15-20)25-23-26-22(16-24-27-23)29(7-3)17-19-11-9-8-10-12-19/h8-16H,5-7,17H2,1-4H3,(H,25,26,27). The van der Waals surface area contributed by atoms with E-state index < -0.39 is 0 Å². The van der Waals surface area contributed by atoms with Crippen molar-refractivity contribution in [2.75, 3.05) is 34.8 Å². The van der Waals surface area contributed by atoms with Crippen molar-refractivity contribution in [3.63, 3.8) is 0 Å². The Bertz CT molecular complexity index is 908. The van der Waals surface area contributed by atoms with Gasteiger partial charge in [0.2, 0.25) is 5.95 Å². The summed E-state index contributed by atoms with van der Waals surface area (Å²) in [6, 6.07) is 16.8. The number of benzene rings is 2. The van der Waals surface area contributed by atoms with Crippen LogP contribution in [0.25, 0.3) is 0 Å². The molecular weight excluding hydrogens is 360 g/mol. The van der Waals surface area contributed by atoms with Crippen molar-refractivity contribution in [2.24, 2.45) is 0 Å². The van der Waals surface area contributed by atoms with Gasteiger partial charge in [0.15, 0.2) is 5.82 Å². The first kappa shape index (κ1) is 20.6. The number of hydrogen-bond acceptors (Lipinski definition) is 6. The number of anilines is 4. The van der Waals surface area contributed by atoms with Crippen molar-refractivity contribution in [3.05, 3.63) is 65.9 Å². The second kappa shape index (κ2) is 9.87. The summed E-state index contributed by atoms with van der Waals surface area (Å²) in [7, 11) is 0. The first-order valence-corrected chi connectivity index (χ1v) is 10.3. The second-order valence-corrected chi connectivity index (χ2v) is 6.93. The molecule has 0 spiro atoms. The van der Waals surface area contributed by atoms with Crippen LogP contribution in [-0.4, -0.2) is 34.8 Å². The van der Waals surface area contributed by atoms with Crippen molar-refractivity contribution in [1.82, 2.24) is 15.2 Å². The summed E-state index contributed by atoms with van der Waals surface area (Å²) >= 11 is 0. The minimum atomic E-state index is 0.507. The Morgan fingerprint density at radius 2 is 1.62 bits per heavy atom. The Morgan fingerprint density at radius 3 is 2.28 bits per heavy atom. The molecule has 6 heteroatoms. The van der Waals surface area contributed by atoms with Crippen LogP contribution in [0, 0.1) is 6.92 Å². The van der Waals surface area contributed by atoms with Crippen LogP contribution in [0.1, 0.15) is 31.9 Å². The number of nitrogens with one attached hydrogen (secondary N) is 1. The fourth-order valence-electron chi connectivity index (χ4n) is 3.35. The summed E-state index contributed by atoms with van der Waals surface area (Å²) in [5.41, 5.74) is 4.61. The summed E-state index contributed by atoms with van der Waals surface area (Å²) in [5, 5.41) is 11.7. The van der Waals surface area contributed by atoms with Crippen molar-refractivity contribution in [1.29, 1.82) is 0 Å². The molecule has 0 aliphatic rings. The Hall–Kier alpha value is -3.15. The zero-order chi connectivity index (χ0) is 20.6. The molecule has 0 aliphatic heterocycles. The molecule has 0 saturated heterocycles. The molecule has 152 valence electrons. The van der Waals surface area contributed by atoms with E-state index in [-0.39, 0.29) is 0 Å². The molecule has 3 aromatic rings. The Morgan fingerprint density at radius 1 is 0.897 bits per heavy atom. The first-order valence-electron chi connectivity index (χ1n) is 10.3. The van der Waals surface area contributed by atoms with E-state index in [1.807, 2.05) is 6.07 Å². The summed E-state index contributed by atoms with van der Waals surface area (Å²) in [4.78, 5) is 9.21. The van der Waals surface area contributed by atoms with Gasteiger partial charge in [0, 0.05) is 37.6 Å². The maximum Gasteiger partial charge on any atom is 0.249 e. The quantitative estimate of drug-likeness (QED) is 0.567. The number of rotatable bonds is 9. The SMILES string of the molecule is CCN(CC)c1ccc(Nc2nncc(N(CC)Cc3ccccc3)n2)c(C)c1. The third-order valence-electron chi connectivity index (χ3n) is 5.05. The van der Waals surface area contributed by atoms with Crippen LogP contribution in [0.15, 0.2) is 54.7 Å². The lowest BCUT2D eigenvalue weighted by Gasteiger charge is -2.23. The van der Waals surface area contributed by atoms with Crippen LogP contribution in [-0.2, 0) is 6.54 Å². The summed E-state index contributed by atoms with van der Waals surface area (Å²) in [5.74, 6) is 1.32. The fraction of sp³-hybridized carbons (Fsp3) is 0.348. The maximum absolute atomic E-state index is 4.70. The highest BCUT2D eigenvalue weighted by Crippen LogP contribution is 2.25. The third kappa shape index (κ3) is 5.22. The van der Waals surface area contributed by atoms with Gasteiger partial charge in [-0.15, -0.1) is 5.10 Å². The van der Waals surface area contributed by atoms with Crippen LogP contribution in [0.4, 0.5) is 23.1 Å². The van der Waals surface area contributed by atoms with E-state index in [0.717, 1.165) is 43.2 Å². The number of nitrogens with zero attached hydrogens (tertiary/aromatic N) is 5. The lowest BCUT2D eigenvalue weighted by Crippen LogP contribution is -2.23. The van der Waals surface area contributed by atoms with Gasteiger partial charge in [0.1, 0.15) is 0 Å². The average molecular weight is 391 g/mol.